The molecule has 0 radical (unpaired) electrons. The molecule has 0 unspecified atom stereocenters. The number of hydrogen-bond acceptors (Lipinski definition) is 4. The summed E-state index contributed by atoms with van der Waals surface area (Å²) in [5.41, 5.74) is 0. The van der Waals surface area contributed by atoms with Gasteiger partial charge >= 0.3 is 0 Å². The molecule has 1 aromatic carbocycles. The molecule has 0 bridgehead atoms. The predicted octanol–water partition coefficient (Wildman–Crippen LogP) is 2.31. The molecular weight excluding hydrogens is 295 g/mol. The molecular formula is C11H8ClFN2O3S. The average Bonchev–Trinajstić information content (AvgIpc) is 2.34. The van der Waals surface area contributed by atoms with E-state index in [2.05, 4.69) is 4.98 Å². The third kappa shape index (κ3) is 3.01. The number of halogens is 2. The van der Waals surface area contributed by atoms with Gasteiger partial charge in [-0.1, -0.05) is 17.7 Å². The Morgan fingerprint density at radius 1 is 1.26 bits per heavy atom. The first-order valence-corrected chi connectivity index (χ1v) is 6.91. The molecule has 100 valence electrons. The maximum atomic E-state index is 13.7. The Bertz CT molecular complexity index is 722. The van der Waals surface area contributed by atoms with Gasteiger partial charge < -0.3 is 4.74 Å². The molecule has 1 heterocycles. The highest BCUT2D eigenvalue weighted by atomic mass is 35.5. The van der Waals surface area contributed by atoms with Crippen molar-refractivity contribution in [2.24, 2.45) is 5.14 Å². The number of hydrogen-bond donors (Lipinski definition) is 1. The van der Waals surface area contributed by atoms with E-state index in [1.54, 1.807) is 0 Å². The topological polar surface area (TPSA) is 82.3 Å². The predicted molar refractivity (Wildman–Crippen MR) is 67.1 cm³/mol. The highest BCUT2D eigenvalue weighted by molar-refractivity contribution is 7.89. The normalized spacial score (nSPS) is 11.3. The summed E-state index contributed by atoms with van der Waals surface area (Å²) in [6.07, 6.45) is 1.30. The van der Waals surface area contributed by atoms with Crippen LogP contribution in [0.2, 0.25) is 5.02 Å². The summed E-state index contributed by atoms with van der Waals surface area (Å²) in [6, 6.07) is 6.67. The van der Waals surface area contributed by atoms with E-state index in [-0.39, 0.29) is 21.5 Å². The number of nitrogens with two attached hydrogens (primary N) is 1. The molecule has 0 aliphatic heterocycles. The molecule has 1 aromatic heterocycles. The van der Waals surface area contributed by atoms with Crippen molar-refractivity contribution < 1.29 is 17.5 Å². The van der Waals surface area contributed by atoms with E-state index in [1.807, 2.05) is 0 Å². The van der Waals surface area contributed by atoms with Crippen molar-refractivity contribution in [1.82, 2.24) is 4.98 Å². The summed E-state index contributed by atoms with van der Waals surface area (Å²) < 4.78 is 41.4. The first-order valence-electron chi connectivity index (χ1n) is 4.99. The minimum absolute atomic E-state index is 0.148. The molecule has 0 aliphatic rings. The third-order valence-corrected chi connectivity index (χ3v) is 3.38. The zero-order valence-corrected chi connectivity index (χ0v) is 11.0. The molecule has 0 saturated heterocycles. The van der Waals surface area contributed by atoms with Crippen molar-refractivity contribution in [3.8, 4) is 11.6 Å². The summed E-state index contributed by atoms with van der Waals surface area (Å²) >= 11 is 5.59. The Kier molecular flexibility index (Phi) is 3.70. The molecule has 0 spiro atoms. The van der Waals surface area contributed by atoms with Gasteiger partial charge in [-0.05, 0) is 24.3 Å². The number of benzene rings is 1. The standard InChI is InChI=1S/C11H8ClFN2O3S/c12-7-3-1-4-8(10(7)13)18-11-9(19(14,16)17)5-2-6-15-11/h1-6H,(H2,14,16,17). The van der Waals surface area contributed by atoms with Gasteiger partial charge in [0.25, 0.3) is 0 Å². The van der Waals surface area contributed by atoms with Gasteiger partial charge in [0.2, 0.25) is 15.9 Å². The lowest BCUT2D eigenvalue weighted by atomic mass is 10.3. The monoisotopic (exact) mass is 302 g/mol. The van der Waals surface area contributed by atoms with E-state index >= 15 is 0 Å². The van der Waals surface area contributed by atoms with E-state index in [9.17, 15) is 12.8 Å². The number of primary sulfonamides is 1. The number of ether oxygens (including phenoxy) is 1. The van der Waals surface area contributed by atoms with Crippen molar-refractivity contribution in [2.45, 2.75) is 4.90 Å². The molecule has 5 nitrogen and oxygen atoms in total. The Hall–Kier alpha value is -1.70. The molecule has 2 aromatic rings. The maximum absolute atomic E-state index is 13.7. The molecule has 2 rings (SSSR count). The summed E-state index contributed by atoms with van der Waals surface area (Å²) in [7, 11) is -4.02. The van der Waals surface area contributed by atoms with Crippen LogP contribution in [0.3, 0.4) is 0 Å². The smallest absolute Gasteiger partial charge is 0.243 e. The van der Waals surface area contributed by atoms with Crippen LogP contribution in [-0.4, -0.2) is 13.4 Å². The fourth-order valence-corrected chi connectivity index (χ4v) is 2.11. The first-order chi connectivity index (χ1) is 8.89. The van der Waals surface area contributed by atoms with Gasteiger partial charge in [0, 0.05) is 6.20 Å². The van der Waals surface area contributed by atoms with Crippen LogP contribution >= 0.6 is 11.6 Å². The molecule has 0 amide bonds. The highest BCUT2D eigenvalue weighted by Gasteiger charge is 2.18. The Morgan fingerprint density at radius 2 is 2.00 bits per heavy atom. The fourth-order valence-electron chi connectivity index (χ4n) is 1.34. The third-order valence-electron chi connectivity index (χ3n) is 2.17. The van der Waals surface area contributed by atoms with Crippen LogP contribution in [0.1, 0.15) is 0 Å². The molecule has 0 atom stereocenters. The number of aromatic nitrogens is 1. The van der Waals surface area contributed by atoms with Gasteiger partial charge in [0.15, 0.2) is 11.6 Å². The second kappa shape index (κ2) is 5.12. The number of rotatable bonds is 3. The second-order valence-corrected chi connectivity index (χ2v) is 5.44. The minimum Gasteiger partial charge on any atom is -0.434 e. The number of nitrogens with zero attached hydrogens (tertiary/aromatic N) is 1. The fraction of sp³-hybridized carbons (Fsp3) is 0. The van der Waals surface area contributed by atoms with Crippen molar-refractivity contribution in [1.29, 1.82) is 0 Å². The van der Waals surface area contributed by atoms with Crippen molar-refractivity contribution in [3.05, 3.63) is 47.4 Å². The molecule has 0 fully saturated rings. The molecule has 2 N–H and O–H groups in total. The van der Waals surface area contributed by atoms with Crippen molar-refractivity contribution in [2.75, 3.05) is 0 Å². The van der Waals surface area contributed by atoms with Crippen molar-refractivity contribution in [3.63, 3.8) is 0 Å². The highest BCUT2D eigenvalue weighted by Crippen LogP contribution is 2.30. The Labute approximate surface area is 113 Å². The van der Waals surface area contributed by atoms with Gasteiger partial charge in [-0.2, -0.15) is 0 Å². The molecule has 8 heteroatoms. The maximum Gasteiger partial charge on any atom is 0.243 e. The molecule has 0 aliphatic carbocycles. The molecule has 19 heavy (non-hydrogen) atoms. The zero-order chi connectivity index (χ0) is 14.0. The van der Waals surface area contributed by atoms with Crippen LogP contribution < -0.4 is 9.88 Å². The number of sulfonamides is 1. The van der Waals surface area contributed by atoms with Gasteiger partial charge in [-0.25, -0.2) is 22.9 Å². The largest absolute Gasteiger partial charge is 0.434 e. The van der Waals surface area contributed by atoms with Gasteiger partial charge in [0.05, 0.1) is 5.02 Å². The van der Waals surface area contributed by atoms with E-state index in [0.29, 0.717) is 0 Å². The Morgan fingerprint density at radius 3 is 2.68 bits per heavy atom. The van der Waals surface area contributed by atoms with E-state index in [1.165, 1.54) is 36.5 Å². The lowest BCUT2D eigenvalue weighted by molar-refractivity contribution is 0.416. The summed E-state index contributed by atoms with van der Waals surface area (Å²) in [5, 5.41) is 4.86. The van der Waals surface area contributed by atoms with Crippen LogP contribution in [0.25, 0.3) is 0 Å². The van der Waals surface area contributed by atoms with Gasteiger partial charge in [-0.3, -0.25) is 0 Å². The van der Waals surface area contributed by atoms with Crippen LogP contribution in [0.4, 0.5) is 4.39 Å². The second-order valence-electron chi connectivity index (χ2n) is 3.51. The van der Waals surface area contributed by atoms with Crippen LogP contribution in [-0.2, 0) is 10.0 Å². The van der Waals surface area contributed by atoms with Crippen molar-refractivity contribution >= 4 is 21.6 Å². The lowest BCUT2D eigenvalue weighted by Crippen LogP contribution is -2.13. The summed E-state index contributed by atoms with van der Waals surface area (Å²) in [5.74, 6) is -1.36. The van der Waals surface area contributed by atoms with Crippen LogP contribution in [0.15, 0.2) is 41.4 Å². The van der Waals surface area contributed by atoms with Gasteiger partial charge in [0.1, 0.15) is 4.90 Å². The Balaban J connectivity index is 2.48. The minimum atomic E-state index is -4.02. The average molecular weight is 303 g/mol. The zero-order valence-electron chi connectivity index (χ0n) is 9.38. The quantitative estimate of drug-likeness (QED) is 0.943. The first kappa shape index (κ1) is 13.7. The van der Waals surface area contributed by atoms with Gasteiger partial charge in [-0.15, -0.1) is 0 Å². The molecule has 0 saturated carbocycles. The number of pyridine rings is 1. The summed E-state index contributed by atoms with van der Waals surface area (Å²) in [6.45, 7) is 0. The SMILES string of the molecule is NS(=O)(=O)c1cccnc1Oc1cccc(Cl)c1F. The van der Waals surface area contributed by atoms with Crippen LogP contribution in [0.5, 0.6) is 11.6 Å². The summed E-state index contributed by atoms with van der Waals surface area (Å²) in [4.78, 5) is 3.38. The van der Waals surface area contributed by atoms with E-state index in [0.717, 1.165) is 0 Å². The van der Waals surface area contributed by atoms with E-state index in [4.69, 9.17) is 21.5 Å². The van der Waals surface area contributed by atoms with E-state index < -0.39 is 15.8 Å². The van der Waals surface area contributed by atoms with Crippen LogP contribution in [0, 0.1) is 5.82 Å². The lowest BCUT2D eigenvalue weighted by Gasteiger charge is -2.09.